The molecule has 0 aromatic heterocycles. The van der Waals surface area contributed by atoms with E-state index < -0.39 is 11.8 Å². The number of benzene rings is 2. The van der Waals surface area contributed by atoms with E-state index in [0.717, 1.165) is 5.56 Å². The molecule has 2 heterocycles. The van der Waals surface area contributed by atoms with Crippen molar-refractivity contribution in [1.29, 1.82) is 0 Å². The van der Waals surface area contributed by atoms with Gasteiger partial charge in [0.25, 0.3) is 5.91 Å². The molecule has 6 nitrogen and oxygen atoms in total. The topological polar surface area (TPSA) is 60.9 Å². The monoisotopic (exact) mass is 443 g/mol. The highest BCUT2D eigenvalue weighted by Gasteiger charge is 2.38. The molecule has 2 fully saturated rings. The molecular formula is C23H23ClFN3O3. The molecule has 0 atom stereocenters. The number of rotatable bonds is 4. The second kappa shape index (κ2) is 9.06. The first-order valence-corrected chi connectivity index (χ1v) is 10.7. The second-order valence-electron chi connectivity index (χ2n) is 7.85. The van der Waals surface area contributed by atoms with Crippen molar-refractivity contribution in [1.82, 2.24) is 14.7 Å². The summed E-state index contributed by atoms with van der Waals surface area (Å²) in [5.41, 5.74) is 1.26. The van der Waals surface area contributed by atoms with Crippen LogP contribution in [-0.2, 0) is 16.1 Å². The number of carbonyl (C=O) groups is 3. The predicted molar refractivity (Wildman–Crippen MR) is 114 cm³/mol. The molecule has 2 saturated heterocycles. The van der Waals surface area contributed by atoms with Gasteiger partial charge in [-0.1, -0.05) is 35.9 Å². The highest BCUT2D eigenvalue weighted by Crippen LogP contribution is 2.23. The van der Waals surface area contributed by atoms with Crippen molar-refractivity contribution in [3.8, 4) is 0 Å². The maximum atomic E-state index is 13.1. The third kappa shape index (κ3) is 4.56. The van der Waals surface area contributed by atoms with Crippen molar-refractivity contribution < 1.29 is 18.8 Å². The number of hydrogen-bond donors (Lipinski definition) is 0. The van der Waals surface area contributed by atoms with E-state index in [9.17, 15) is 18.8 Å². The number of hydrogen-bond acceptors (Lipinski definition) is 3. The number of likely N-dealkylation sites (tertiary alicyclic amines) is 1. The minimum atomic E-state index is -0.537. The zero-order valence-electron chi connectivity index (χ0n) is 17.0. The first-order chi connectivity index (χ1) is 14.9. The molecule has 2 aliphatic heterocycles. The molecule has 0 unspecified atom stereocenters. The van der Waals surface area contributed by atoms with Crippen molar-refractivity contribution in [3.63, 3.8) is 0 Å². The SMILES string of the molecule is O=C1C(=O)N(C2CCN(C(=O)c3ccccc3Cl)CC2)CCN1Cc1ccc(F)cc1. The average molecular weight is 444 g/mol. The molecule has 0 aliphatic carbocycles. The average Bonchev–Trinajstić information content (AvgIpc) is 2.78. The number of carbonyl (C=O) groups excluding carboxylic acids is 3. The Labute approximate surface area is 185 Å². The Kier molecular flexibility index (Phi) is 6.23. The number of amides is 3. The quantitative estimate of drug-likeness (QED) is 0.682. The first kappa shape index (κ1) is 21.3. The van der Waals surface area contributed by atoms with Gasteiger partial charge >= 0.3 is 11.8 Å². The van der Waals surface area contributed by atoms with Gasteiger partial charge in [0, 0.05) is 38.8 Å². The summed E-state index contributed by atoms with van der Waals surface area (Å²) in [6, 6.07) is 12.8. The minimum Gasteiger partial charge on any atom is -0.338 e. The molecule has 162 valence electrons. The van der Waals surface area contributed by atoms with Crippen LogP contribution in [0.1, 0.15) is 28.8 Å². The summed E-state index contributed by atoms with van der Waals surface area (Å²) in [4.78, 5) is 43.0. The summed E-state index contributed by atoms with van der Waals surface area (Å²) in [5.74, 6) is -1.50. The second-order valence-corrected chi connectivity index (χ2v) is 8.26. The maximum absolute atomic E-state index is 13.1. The summed E-state index contributed by atoms with van der Waals surface area (Å²) < 4.78 is 13.1. The first-order valence-electron chi connectivity index (χ1n) is 10.3. The Hall–Kier alpha value is -2.93. The highest BCUT2D eigenvalue weighted by molar-refractivity contribution is 6.35. The number of halogens is 2. The van der Waals surface area contributed by atoms with Crippen LogP contribution >= 0.6 is 11.6 Å². The lowest BCUT2D eigenvalue weighted by molar-refractivity contribution is -0.158. The third-order valence-electron chi connectivity index (χ3n) is 5.93. The van der Waals surface area contributed by atoms with Crippen molar-refractivity contribution in [3.05, 3.63) is 70.5 Å². The summed E-state index contributed by atoms with van der Waals surface area (Å²) in [6.07, 6.45) is 1.24. The Morgan fingerprint density at radius 1 is 0.935 bits per heavy atom. The van der Waals surface area contributed by atoms with Gasteiger partial charge in [-0.3, -0.25) is 14.4 Å². The molecule has 0 bridgehead atoms. The van der Waals surface area contributed by atoms with E-state index in [0.29, 0.717) is 49.6 Å². The van der Waals surface area contributed by atoms with Crippen LogP contribution in [-0.4, -0.2) is 64.6 Å². The van der Waals surface area contributed by atoms with Crippen LogP contribution in [0.3, 0.4) is 0 Å². The fourth-order valence-corrected chi connectivity index (χ4v) is 4.40. The standard InChI is InChI=1S/C23H23ClFN3O3/c24-20-4-2-1-3-19(20)21(29)26-11-9-18(10-12-26)28-14-13-27(22(30)23(28)31)15-16-5-7-17(25)8-6-16/h1-8,18H,9-15H2. The van der Waals surface area contributed by atoms with E-state index in [1.165, 1.54) is 17.0 Å². The molecule has 4 rings (SSSR count). The van der Waals surface area contributed by atoms with E-state index in [-0.39, 0.29) is 24.3 Å². The Bertz CT molecular complexity index is 990. The van der Waals surface area contributed by atoms with Crippen LogP contribution in [0.5, 0.6) is 0 Å². The Morgan fingerprint density at radius 2 is 1.61 bits per heavy atom. The maximum Gasteiger partial charge on any atom is 0.312 e. The van der Waals surface area contributed by atoms with Crippen LogP contribution < -0.4 is 0 Å². The van der Waals surface area contributed by atoms with Gasteiger partial charge in [-0.05, 0) is 42.7 Å². The molecule has 8 heteroatoms. The molecular weight excluding hydrogens is 421 g/mol. The fourth-order valence-electron chi connectivity index (χ4n) is 4.18. The van der Waals surface area contributed by atoms with E-state index in [1.807, 2.05) is 0 Å². The summed E-state index contributed by atoms with van der Waals surface area (Å²) in [5, 5.41) is 0.424. The van der Waals surface area contributed by atoms with Gasteiger partial charge in [-0.25, -0.2) is 4.39 Å². The van der Waals surface area contributed by atoms with Gasteiger partial charge in [-0.15, -0.1) is 0 Å². The highest BCUT2D eigenvalue weighted by atomic mass is 35.5. The molecule has 3 amide bonds. The van der Waals surface area contributed by atoms with Crippen molar-refractivity contribution in [2.75, 3.05) is 26.2 Å². The van der Waals surface area contributed by atoms with Crippen LogP contribution in [0.4, 0.5) is 4.39 Å². The Morgan fingerprint density at radius 3 is 2.29 bits per heavy atom. The van der Waals surface area contributed by atoms with Gasteiger partial charge in [0.15, 0.2) is 0 Å². The summed E-state index contributed by atoms with van der Waals surface area (Å²) in [6.45, 7) is 2.18. The molecule has 0 N–H and O–H groups in total. The lowest BCUT2D eigenvalue weighted by atomic mass is 10.0. The molecule has 0 radical (unpaired) electrons. The molecule has 31 heavy (non-hydrogen) atoms. The Balaban J connectivity index is 1.34. The van der Waals surface area contributed by atoms with Gasteiger partial charge in [-0.2, -0.15) is 0 Å². The lowest BCUT2D eigenvalue weighted by Crippen LogP contribution is -2.59. The normalized spacial score (nSPS) is 17.9. The van der Waals surface area contributed by atoms with Gasteiger partial charge < -0.3 is 14.7 Å². The third-order valence-corrected chi connectivity index (χ3v) is 6.25. The summed E-state index contributed by atoms with van der Waals surface area (Å²) in [7, 11) is 0. The lowest BCUT2D eigenvalue weighted by Gasteiger charge is -2.42. The zero-order valence-corrected chi connectivity index (χ0v) is 17.7. The molecule has 2 aromatic rings. The number of nitrogens with zero attached hydrogens (tertiary/aromatic N) is 3. The molecule has 0 spiro atoms. The van der Waals surface area contributed by atoms with Gasteiger partial charge in [0.1, 0.15) is 5.82 Å². The van der Waals surface area contributed by atoms with Crippen LogP contribution in [0.25, 0.3) is 0 Å². The van der Waals surface area contributed by atoms with Crippen molar-refractivity contribution >= 4 is 29.3 Å². The smallest absolute Gasteiger partial charge is 0.312 e. The van der Waals surface area contributed by atoms with E-state index in [1.54, 1.807) is 46.2 Å². The minimum absolute atomic E-state index is 0.0697. The van der Waals surface area contributed by atoms with E-state index >= 15 is 0 Å². The van der Waals surface area contributed by atoms with Crippen molar-refractivity contribution in [2.24, 2.45) is 0 Å². The van der Waals surface area contributed by atoms with E-state index in [2.05, 4.69) is 0 Å². The zero-order chi connectivity index (χ0) is 22.0. The largest absolute Gasteiger partial charge is 0.338 e. The van der Waals surface area contributed by atoms with Crippen molar-refractivity contribution in [2.45, 2.75) is 25.4 Å². The van der Waals surface area contributed by atoms with E-state index in [4.69, 9.17) is 11.6 Å². The molecule has 2 aliphatic rings. The van der Waals surface area contributed by atoms with Crippen LogP contribution in [0, 0.1) is 5.82 Å². The van der Waals surface area contributed by atoms with Gasteiger partial charge in [0.05, 0.1) is 10.6 Å². The predicted octanol–water partition coefficient (Wildman–Crippen LogP) is 2.95. The summed E-state index contributed by atoms with van der Waals surface area (Å²) >= 11 is 6.14. The van der Waals surface area contributed by atoms with Gasteiger partial charge in [0.2, 0.25) is 0 Å². The van der Waals surface area contributed by atoms with Crippen LogP contribution in [0.15, 0.2) is 48.5 Å². The number of piperidine rings is 1. The number of piperazine rings is 1. The molecule has 0 saturated carbocycles. The van der Waals surface area contributed by atoms with Crippen LogP contribution in [0.2, 0.25) is 5.02 Å². The fraction of sp³-hybridized carbons (Fsp3) is 0.348. The molecule has 2 aromatic carbocycles.